The van der Waals surface area contributed by atoms with E-state index >= 15 is 0 Å². The molecule has 1 aliphatic rings. The van der Waals surface area contributed by atoms with Crippen LogP contribution in [0.2, 0.25) is 0 Å². The Kier molecular flexibility index (Phi) is 4.34. The highest BCUT2D eigenvalue weighted by molar-refractivity contribution is 14.1. The highest BCUT2D eigenvalue weighted by Gasteiger charge is 2.16. The molecular weight excluding hydrogens is 317 g/mol. The van der Waals surface area contributed by atoms with Crippen LogP contribution in [0.25, 0.3) is 0 Å². The van der Waals surface area contributed by atoms with Crippen molar-refractivity contribution in [3.8, 4) is 0 Å². The molecule has 1 unspecified atom stereocenters. The predicted molar refractivity (Wildman–Crippen MR) is 71.6 cm³/mol. The van der Waals surface area contributed by atoms with Crippen LogP contribution in [0.4, 0.5) is 5.95 Å². The molecule has 4 nitrogen and oxygen atoms in total. The molecule has 1 fully saturated rings. The molecule has 0 aliphatic carbocycles. The van der Waals surface area contributed by atoms with Crippen molar-refractivity contribution < 1.29 is 4.74 Å². The van der Waals surface area contributed by atoms with Crippen molar-refractivity contribution in [3.63, 3.8) is 0 Å². The van der Waals surface area contributed by atoms with Gasteiger partial charge in [-0.3, -0.25) is 0 Å². The standard InChI is InChI=1S/C11H16IN3O/c1-15(8-10-4-2-3-5-16-10)11-13-6-9(12)7-14-11/h6-7,10H,2-5,8H2,1H3. The number of hydrogen-bond donors (Lipinski definition) is 0. The molecule has 16 heavy (non-hydrogen) atoms. The van der Waals surface area contributed by atoms with E-state index in [0.29, 0.717) is 6.10 Å². The SMILES string of the molecule is CN(CC1CCCCO1)c1ncc(I)cn1. The Morgan fingerprint density at radius 3 is 2.81 bits per heavy atom. The molecule has 0 N–H and O–H groups in total. The first-order valence-electron chi connectivity index (χ1n) is 5.56. The summed E-state index contributed by atoms with van der Waals surface area (Å²) in [5, 5.41) is 0. The summed E-state index contributed by atoms with van der Waals surface area (Å²) in [4.78, 5) is 10.7. The highest BCUT2D eigenvalue weighted by Crippen LogP contribution is 2.15. The van der Waals surface area contributed by atoms with Crippen molar-refractivity contribution in [2.24, 2.45) is 0 Å². The molecule has 0 bridgehead atoms. The average molecular weight is 333 g/mol. The van der Waals surface area contributed by atoms with Crippen molar-refractivity contribution in [1.29, 1.82) is 0 Å². The summed E-state index contributed by atoms with van der Waals surface area (Å²) < 4.78 is 6.75. The van der Waals surface area contributed by atoms with Gasteiger partial charge in [0.25, 0.3) is 0 Å². The summed E-state index contributed by atoms with van der Waals surface area (Å²) in [7, 11) is 2.01. The molecular formula is C11H16IN3O. The second-order valence-electron chi connectivity index (χ2n) is 4.07. The largest absolute Gasteiger partial charge is 0.376 e. The van der Waals surface area contributed by atoms with Crippen LogP contribution in [-0.4, -0.2) is 36.3 Å². The maximum atomic E-state index is 5.70. The van der Waals surface area contributed by atoms with Crippen LogP contribution in [-0.2, 0) is 4.74 Å². The molecule has 2 heterocycles. The Balaban J connectivity index is 1.91. The number of halogens is 1. The minimum absolute atomic E-state index is 0.335. The molecule has 1 aliphatic heterocycles. The third-order valence-corrected chi connectivity index (χ3v) is 3.26. The molecule has 1 atom stereocenters. The van der Waals surface area contributed by atoms with Gasteiger partial charge in [-0.25, -0.2) is 9.97 Å². The van der Waals surface area contributed by atoms with E-state index in [-0.39, 0.29) is 0 Å². The number of ether oxygens (including phenoxy) is 1. The van der Waals surface area contributed by atoms with E-state index in [4.69, 9.17) is 4.74 Å². The molecule has 2 rings (SSSR count). The Bertz CT molecular complexity index is 325. The second kappa shape index (κ2) is 5.77. The zero-order valence-electron chi connectivity index (χ0n) is 9.40. The molecule has 1 aromatic heterocycles. The highest BCUT2D eigenvalue weighted by atomic mass is 127. The molecule has 1 aromatic rings. The molecule has 0 radical (unpaired) electrons. The van der Waals surface area contributed by atoms with E-state index in [1.165, 1.54) is 12.8 Å². The lowest BCUT2D eigenvalue weighted by atomic mass is 10.1. The van der Waals surface area contributed by atoms with Crippen molar-refractivity contribution in [2.75, 3.05) is 25.1 Å². The predicted octanol–water partition coefficient (Wildman–Crippen LogP) is 2.09. The Hall–Kier alpha value is -0.430. The first-order valence-corrected chi connectivity index (χ1v) is 6.64. The van der Waals surface area contributed by atoms with Gasteiger partial charge in [0.05, 0.1) is 6.10 Å². The average Bonchev–Trinajstić information content (AvgIpc) is 2.31. The van der Waals surface area contributed by atoms with E-state index in [9.17, 15) is 0 Å². The van der Waals surface area contributed by atoms with Gasteiger partial charge in [0.1, 0.15) is 0 Å². The fraction of sp³-hybridized carbons (Fsp3) is 0.636. The van der Waals surface area contributed by atoms with Crippen LogP contribution in [0.15, 0.2) is 12.4 Å². The minimum atomic E-state index is 0.335. The normalized spacial score (nSPS) is 20.8. The van der Waals surface area contributed by atoms with Gasteiger partial charge in [-0.1, -0.05) is 0 Å². The number of nitrogens with zero attached hydrogens (tertiary/aromatic N) is 3. The lowest BCUT2D eigenvalue weighted by Crippen LogP contribution is -2.34. The zero-order valence-corrected chi connectivity index (χ0v) is 11.6. The Morgan fingerprint density at radius 2 is 2.19 bits per heavy atom. The lowest BCUT2D eigenvalue weighted by molar-refractivity contribution is 0.0214. The second-order valence-corrected chi connectivity index (χ2v) is 5.32. The summed E-state index contributed by atoms with van der Waals surface area (Å²) in [5.41, 5.74) is 0. The van der Waals surface area contributed by atoms with Crippen LogP contribution in [0.1, 0.15) is 19.3 Å². The van der Waals surface area contributed by atoms with E-state index in [2.05, 4.69) is 37.5 Å². The monoisotopic (exact) mass is 333 g/mol. The van der Waals surface area contributed by atoms with Crippen LogP contribution in [0.3, 0.4) is 0 Å². The van der Waals surface area contributed by atoms with Crippen LogP contribution in [0.5, 0.6) is 0 Å². The van der Waals surface area contributed by atoms with Crippen molar-refractivity contribution in [1.82, 2.24) is 9.97 Å². The summed E-state index contributed by atoms with van der Waals surface area (Å²) >= 11 is 2.21. The molecule has 0 saturated carbocycles. The smallest absolute Gasteiger partial charge is 0.225 e. The number of rotatable bonds is 3. The number of anilines is 1. The van der Waals surface area contributed by atoms with Crippen molar-refractivity contribution >= 4 is 28.5 Å². The zero-order chi connectivity index (χ0) is 11.4. The maximum absolute atomic E-state index is 5.70. The van der Waals surface area contributed by atoms with Gasteiger partial charge < -0.3 is 9.64 Å². The lowest BCUT2D eigenvalue weighted by Gasteiger charge is -2.27. The van der Waals surface area contributed by atoms with E-state index < -0.39 is 0 Å². The first-order chi connectivity index (χ1) is 7.75. The van der Waals surface area contributed by atoms with Crippen LogP contribution < -0.4 is 4.90 Å². The van der Waals surface area contributed by atoms with Gasteiger partial charge in [0.15, 0.2) is 0 Å². The molecule has 5 heteroatoms. The van der Waals surface area contributed by atoms with Gasteiger partial charge in [0.2, 0.25) is 5.95 Å². The fourth-order valence-corrected chi connectivity index (χ4v) is 2.12. The topological polar surface area (TPSA) is 38.2 Å². The molecule has 0 spiro atoms. The van der Waals surface area contributed by atoms with Gasteiger partial charge in [-0.05, 0) is 41.9 Å². The van der Waals surface area contributed by atoms with E-state index in [1.54, 1.807) is 0 Å². The summed E-state index contributed by atoms with van der Waals surface area (Å²) in [6, 6.07) is 0. The Morgan fingerprint density at radius 1 is 1.44 bits per heavy atom. The van der Waals surface area contributed by atoms with Gasteiger partial charge in [0, 0.05) is 36.2 Å². The van der Waals surface area contributed by atoms with E-state index in [0.717, 1.165) is 29.1 Å². The van der Waals surface area contributed by atoms with Gasteiger partial charge in [-0.2, -0.15) is 0 Å². The number of aromatic nitrogens is 2. The minimum Gasteiger partial charge on any atom is -0.376 e. The summed E-state index contributed by atoms with van der Waals surface area (Å²) in [6.07, 6.45) is 7.62. The molecule has 0 aromatic carbocycles. The van der Waals surface area contributed by atoms with Crippen LogP contribution >= 0.6 is 22.6 Å². The third-order valence-electron chi connectivity index (χ3n) is 2.70. The fourth-order valence-electron chi connectivity index (χ4n) is 1.84. The summed E-state index contributed by atoms with van der Waals surface area (Å²) in [6.45, 7) is 1.77. The molecule has 1 saturated heterocycles. The van der Waals surface area contributed by atoms with Gasteiger partial charge in [-0.15, -0.1) is 0 Å². The van der Waals surface area contributed by atoms with Gasteiger partial charge >= 0.3 is 0 Å². The molecule has 0 amide bonds. The number of likely N-dealkylation sites (N-methyl/N-ethyl adjacent to an activating group) is 1. The third kappa shape index (κ3) is 3.28. The molecule has 88 valence electrons. The maximum Gasteiger partial charge on any atom is 0.225 e. The van der Waals surface area contributed by atoms with Crippen molar-refractivity contribution in [2.45, 2.75) is 25.4 Å². The van der Waals surface area contributed by atoms with Crippen LogP contribution in [0, 0.1) is 3.57 Å². The van der Waals surface area contributed by atoms with E-state index in [1.807, 2.05) is 19.4 Å². The quantitative estimate of drug-likeness (QED) is 0.794. The Labute approximate surface area is 110 Å². The summed E-state index contributed by atoms with van der Waals surface area (Å²) in [5.74, 6) is 0.773. The number of hydrogen-bond acceptors (Lipinski definition) is 4. The first kappa shape index (κ1) is 12.0. The van der Waals surface area contributed by atoms with Crippen molar-refractivity contribution in [3.05, 3.63) is 16.0 Å².